The second kappa shape index (κ2) is 8.32. The molecule has 23 heavy (non-hydrogen) atoms. The Balaban J connectivity index is 2.20. The van der Waals surface area contributed by atoms with E-state index in [0.717, 1.165) is 24.2 Å². The lowest BCUT2D eigenvalue weighted by atomic mass is 9.88. The smallest absolute Gasteiger partial charge is 0.304 e. The van der Waals surface area contributed by atoms with Crippen molar-refractivity contribution >= 4 is 5.97 Å². The van der Waals surface area contributed by atoms with E-state index < -0.39 is 5.97 Å². The highest BCUT2D eigenvalue weighted by molar-refractivity contribution is 5.69. The molecule has 0 saturated carbocycles. The SMILES string of the molecule is CCCCOc1ccc([C@@H](CC(=O)O)c2cccc(F)c2)cc1. The highest BCUT2D eigenvalue weighted by atomic mass is 19.1. The van der Waals surface area contributed by atoms with Crippen molar-refractivity contribution in [1.29, 1.82) is 0 Å². The predicted octanol–water partition coefficient (Wildman–Crippen LogP) is 4.61. The second-order valence-electron chi connectivity index (χ2n) is 5.48. The number of benzene rings is 2. The summed E-state index contributed by atoms with van der Waals surface area (Å²) < 4.78 is 19.1. The molecule has 3 nitrogen and oxygen atoms in total. The van der Waals surface area contributed by atoms with E-state index in [4.69, 9.17) is 9.84 Å². The molecule has 0 spiro atoms. The van der Waals surface area contributed by atoms with Crippen LogP contribution in [0.5, 0.6) is 5.75 Å². The third-order valence-corrected chi connectivity index (χ3v) is 3.68. The van der Waals surface area contributed by atoms with Gasteiger partial charge in [-0.15, -0.1) is 0 Å². The summed E-state index contributed by atoms with van der Waals surface area (Å²) >= 11 is 0. The van der Waals surface area contributed by atoms with Gasteiger partial charge in [-0.2, -0.15) is 0 Å². The highest BCUT2D eigenvalue weighted by Gasteiger charge is 2.18. The van der Waals surface area contributed by atoms with E-state index in [9.17, 15) is 9.18 Å². The Morgan fingerprint density at radius 2 is 1.91 bits per heavy atom. The molecule has 122 valence electrons. The van der Waals surface area contributed by atoms with Crippen LogP contribution in [-0.2, 0) is 4.79 Å². The van der Waals surface area contributed by atoms with E-state index in [2.05, 4.69) is 6.92 Å². The van der Waals surface area contributed by atoms with Gasteiger partial charge in [-0.3, -0.25) is 4.79 Å². The lowest BCUT2D eigenvalue weighted by Gasteiger charge is -2.17. The molecule has 1 N–H and O–H groups in total. The van der Waals surface area contributed by atoms with Crippen LogP contribution in [0.2, 0.25) is 0 Å². The van der Waals surface area contributed by atoms with Crippen LogP contribution in [0.15, 0.2) is 48.5 Å². The number of halogens is 1. The summed E-state index contributed by atoms with van der Waals surface area (Å²) in [6.07, 6.45) is 1.98. The number of ether oxygens (including phenoxy) is 1. The molecule has 0 amide bonds. The third-order valence-electron chi connectivity index (χ3n) is 3.68. The number of hydrogen-bond donors (Lipinski definition) is 1. The molecule has 0 aliphatic heterocycles. The second-order valence-corrected chi connectivity index (χ2v) is 5.48. The van der Waals surface area contributed by atoms with Crippen LogP contribution in [-0.4, -0.2) is 17.7 Å². The van der Waals surface area contributed by atoms with Gasteiger partial charge in [0.25, 0.3) is 0 Å². The highest BCUT2D eigenvalue weighted by Crippen LogP contribution is 2.29. The molecule has 1 atom stereocenters. The Labute approximate surface area is 135 Å². The molecular weight excluding hydrogens is 295 g/mol. The van der Waals surface area contributed by atoms with Gasteiger partial charge in [0, 0.05) is 5.92 Å². The van der Waals surface area contributed by atoms with Gasteiger partial charge in [0.2, 0.25) is 0 Å². The van der Waals surface area contributed by atoms with Crippen molar-refractivity contribution < 1.29 is 19.0 Å². The summed E-state index contributed by atoms with van der Waals surface area (Å²) in [6.45, 7) is 2.76. The largest absolute Gasteiger partial charge is 0.494 e. The standard InChI is InChI=1S/C19H21FO3/c1-2-3-11-23-17-9-7-14(8-10-17)18(13-19(21)22)15-5-4-6-16(20)12-15/h4-10,12,18H,2-3,11,13H2,1H3,(H,21,22)/t18-/m1/s1. The number of aliphatic carboxylic acids is 1. The predicted molar refractivity (Wildman–Crippen MR) is 87.3 cm³/mol. The molecule has 2 aromatic carbocycles. The van der Waals surface area contributed by atoms with Crippen molar-refractivity contribution in [2.45, 2.75) is 32.1 Å². The van der Waals surface area contributed by atoms with Crippen molar-refractivity contribution in [1.82, 2.24) is 0 Å². The van der Waals surface area contributed by atoms with E-state index in [-0.39, 0.29) is 18.2 Å². The first-order valence-electron chi connectivity index (χ1n) is 7.80. The first-order chi connectivity index (χ1) is 11.1. The molecule has 2 rings (SSSR count). The fourth-order valence-corrected chi connectivity index (χ4v) is 2.46. The van der Waals surface area contributed by atoms with Gasteiger partial charge >= 0.3 is 5.97 Å². The van der Waals surface area contributed by atoms with Crippen LogP contribution in [0.3, 0.4) is 0 Å². The molecule has 0 fully saturated rings. The Morgan fingerprint density at radius 3 is 2.52 bits per heavy atom. The molecule has 0 aromatic heterocycles. The molecule has 0 radical (unpaired) electrons. The van der Waals surface area contributed by atoms with E-state index in [1.807, 2.05) is 24.3 Å². The fourth-order valence-electron chi connectivity index (χ4n) is 2.46. The summed E-state index contributed by atoms with van der Waals surface area (Å²) in [5.74, 6) is -0.900. The van der Waals surface area contributed by atoms with Gasteiger partial charge < -0.3 is 9.84 Å². The Kier molecular flexibility index (Phi) is 6.15. The molecule has 0 bridgehead atoms. The van der Waals surface area contributed by atoms with Gasteiger partial charge in [0.1, 0.15) is 11.6 Å². The summed E-state index contributed by atoms with van der Waals surface area (Å²) in [7, 11) is 0. The summed E-state index contributed by atoms with van der Waals surface area (Å²) in [5.41, 5.74) is 1.49. The number of carboxylic acid groups (broad SMARTS) is 1. The van der Waals surface area contributed by atoms with Crippen molar-refractivity contribution in [3.05, 3.63) is 65.5 Å². The van der Waals surface area contributed by atoms with Crippen LogP contribution in [0, 0.1) is 5.82 Å². The average Bonchev–Trinajstić information content (AvgIpc) is 2.53. The normalized spacial score (nSPS) is 11.9. The number of carbonyl (C=O) groups is 1. The summed E-state index contributed by atoms with van der Waals surface area (Å²) in [6, 6.07) is 13.5. The molecule has 0 saturated heterocycles. The van der Waals surface area contributed by atoms with Crippen LogP contribution >= 0.6 is 0 Å². The summed E-state index contributed by atoms with van der Waals surface area (Å²) in [4.78, 5) is 11.2. The number of unbranched alkanes of at least 4 members (excludes halogenated alkanes) is 1. The molecule has 0 unspecified atom stereocenters. The van der Waals surface area contributed by atoms with E-state index in [1.165, 1.54) is 12.1 Å². The maximum atomic E-state index is 13.5. The van der Waals surface area contributed by atoms with Gasteiger partial charge in [0.05, 0.1) is 13.0 Å². The minimum atomic E-state index is -0.914. The van der Waals surface area contributed by atoms with Gasteiger partial charge in [0.15, 0.2) is 0 Å². The van der Waals surface area contributed by atoms with Crippen molar-refractivity contribution in [2.75, 3.05) is 6.61 Å². The minimum absolute atomic E-state index is 0.0838. The van der Waals surface area contributed by atoms with Crippen LogP contribution in [0.4, 0.5) is 4.39 Å². The number of carboxylic acids is 1. The third kappa shape index (κ3) is 5.09. The topological polar surface area (TPSA) is 46.5 Å². The maximum absolute atomic E-state index is 13.5. The molecule has 0 aliphatic rings. The Bertz CT molecular complexity index is 637. The molecule has 4 heteroatoms. The average molecular weight is 316 g/mol. The molecule has 0 aliphatic carbocycles. The summed E-state index contributed by atoms with van der Waals surface area (Å²) in [5, 5.41) is 9.16. The quantitative estimate of drug-likeness (QED) is 0.723. The van der Waals surface area contributed by atoms with Crippen molar-refractivity contribution in [3.8, 4) is 5.75 Å². The first-order valence-corrected chi connectivity index (χ1v) is 7.80. The van der Waals surface area contributed by atoms with Gasteiger partial charge in [-0.05, 0) is 41.8 Å². The van der Waals surface area contributed by atoms with Crippen LogP contribution in [0.25, 0.3) is 0 Å². The lowest BCUT2D eigenvalue weighted by Crippen LogP contribution is -2.08. The van der Waals surface area contributed by atoms with E-state index in [1.54, 1.807) is 12.1 Å². The first kappa shape index (κ1) is 17.0. The minimum Gasteiger partial charge on any atom is -0.494 e. The molecule has 0 heterocycles. The zero-order valence-corrected chi connectivity index (χ0v) is 13.2. The van der Waals surface area contributed by atoms with Crippen molar-refractivity contribution in [3.63, 3.8) is 0 Å². The Hall–Kier alpha value is -2.36. The zero-order chi connectivity index (χ0) is 16.7. The van der Waals surface area contributed by atoms with E-state index >= 15 is 0 Å². The number of rotatable bonds is 8. The maximum Gasteiger partial charge on any atom is 0.304 e. The Morgan fingerprint density at radius 1 is 1.17 bits per heavy atom. The van der Waals surface area contributed by atoms with Crippen molar-refractivity contribution in [2.24, 2.45) is 0 Å². The lowest BCUT2D eigenvalue weighted by molar-refractivity contribution is -0.137. The molecular formula is C19H21FO3. The zero-order valence-electron chi connectivity index (χ0n) is 13.2. The van der Waals surface area contributed by atoms with Gasteiger partial charge in [-0.25, -0.2) is 4.39 Å². The van der Waals surface area contributed by atoms with Crippen LogP contribution in [0.1, 0.15) is 43.2 Å². The van der Waals surface area contributed by atoms with Gasteiger partial charge in [-0.1, -0.05) is 37.6 Å². The van der Waals surface area contributed by atoms with E-state index in [0.29, 0.717) is 12.2 Å². The number of hydrogen-bond acceptors (Lipinski definition) is 2. The molecule has 2 aromatic rings. The van der Waals surface area contributed by atoms with Crippen LogP contribution < -0.4 is 4.74 Å². The monoisotopic (exact) mass is 316 g/mol. The fraction of sp³-hybridized carbons (Fsp3) is 0.316.